The van der Waals surface area contributed by atoms with Gasteiger partial charge in [-0.3, -0.25) is 9.59 Å². The number of rotatable bonds is 4. The summed E-state index contributed by atoms with van der Waals surface area (Å²) < 4.78 is 0. The smallest absolute Gasteiger partial charge is 0.268 e. The van der Waals surface area contributed by atoms with Gasteiger partial charge in [0.05, 0.1) is 21.2 Å². The van der Waals surface area contributed by atoms with Gasteiger partial charge in [0.2, 0.25) is 0 Å². The molecule has 3 nitrogen and oxygen atoms in total. The van der Waals surface area contributed by atoms with E-state index in [2.05, 4.69) is 0 Å². The van der Waals surface area contributed by atoms with Crippen LogP contribution in [0.15, 0.2) is 41.3 Å². The van der Waals surface area contributed by atoms with Crippen molar-refractivity contribution in [1.82, 2.24) is 0 Å². The summed E-state index contributed by atoms with van der Waals surface area (Å²) in [6, 6.07) is 10.7. The molecule has 0 atom stereocenters. The Balaban J connectivity index is 2.17. The van der Waals surface area contributed by atoms with Crippen molar-refractivity contribution in [3.63, 3.8) is 0 Å². The largest absolute Gasteiger partial charge is 0.272 e. The molecule has 6 heteroatoms. The second-order valence-corrected chi connectivity index (χ2v) is 8.11. The molecule has 0 aromatic heterocycles. The zero-order valence-electron chi connectivity index (χ0n) is 14.6. The van der Waals surface area contributed by atoms with E-state index in [4.69, 9.17) is 23.2 Å². The first kappa shape index (κ1) is 19.0. The lowest BCUT2D eigenvalue weighted by Gasteiger charge is -2.18. The number of amides is 2. The van der Waals surface area contributed by atoms with Gasteiger partial charge in [-0.05, 0) is 48.9 Å². The van der Waals surface area contributed by atoms with Crippen LogP contribution in [-0.4, -0.2) is 17.6 Å². The molecule has 2 aromatic carbocycles. The highest BCUT2D eigenvalue weighted by atomic mass is 35.5. The minimum absolute atomic E-state index is 0.309. The van der Waals surface area contributed by atoms with Gasteiger partial charge < -0.3 is 0 Å². The van der Waals surface area contributed by atoms with Crippen molar-refractivity contribution in [3.8, 4) is 0 Å². The fourth-order valence-corrected chi connectivity index (χ4v) is 4.24. The molecule has 0 saturated heterocycles. The van der Waals surface area contributed by atoms with Crippen LogP contribution in [0.2, 0.25) is 10.0 Å². The van der Waals surface area contributed by atoms with E-state index < -0.39 is 0 Å². The molecule has 1 aliphatic heterocycles. The van der Waals surface area contributed by atoms with Crippen LogP contribution in [0.25, 0.3) is 5.57 Å². The molecule has 0 radical (unpaired) electrons. The summed E-state index contributed by atoms with van der Waals surface area (Å²) in [6.45, 7) is 5.76. The van der Waals surface area contributed by atoms with E-state index in [9.17, 15) is 9.59 Å². The maximum Gasteiger partial charge on any atom is 0.272 e. The quantitative estimate of drug-likeness (QED) is 0.616. The van der Waals surface area contributed by atoms with E-state index >= 15 is 0 Å². The molecule has 0 saturated carbocycles. The van der Waals surface area contributed by atoms with Crippen LogP contribution in [0.1, 0.15) is 23.6 Å². The lowest BCUT2D eigenvalue weighted by molar-refractivity contribution is -0.119. The van der Waals surface area contributed by atoms with Crippen molar-refractivity contribution in [2.45, 2.75) is 20.8 Å². The van der Waals surface area contributed by atoms with Crippen LogP contribution >= 0.6 is 35.0 Å². The first-order chi connectivity index (χ1) is 12.3. The van der Waals surface area contributed by atoms with Crippen LogP contribution in [0, 0.1) is 13.8 Å². The topological polar surface area (TPSA) is 37.4 Å². The van der Waals surface area contributed by atoms with E-state index in [0.29, 0.717) is 37.5 Å². The number of hydrogen-bond acceptors (Lipinski definition) is 3. The number of halogens is 2. The molecule has 2 aromatic rings. The molecule has 2 amide bonds. The number of nitrogens with zero attached hydrogens (tertiary/aromatic N) is 1. The van der Waals surface area contributed by atoms with Gasteiger partial charge in [-0.2, -0.15) is 0 Å². The van der Waals surface area contributed by atoms with Crippen molar-refractivity contribution in [2.24, 2.45) is 0 Å². The zero-order chi connectivity index (χ0) is 19.0. The van der Waals surface area contributed by atoms with E-state index in [1.54, 1.807) is 18.2 Å². The first-order valence-corrected chi connectivity index (χ1v) is 9.87. The third-order valence-corrected chi connectivity index (χ3v) is 5.64. The van der Waals surface area contributed by atoms with E-state index in [1.807, 2.05) is 39.0 Å². The molecule has 0 bridgehead atoms. The Hall–Kier alpha value is -1.75. The van der Waals surface area contributed by atoms with E-state index in [-0.39, 0.29) is 11.8 Å². The lowest BCUT2D eigenvalue weighted by atomic mass is 10.1. The molecule has 1 heterocycles. The average molecular weight is 406 g/mol. The number of hydrogen-bond donors (Lipinski definition) is 0. The van der Waals surface area contributed by atoms with E-state index in [1.165, 1.54) is 16.7 Å². The first-order valence-electron chi connectivity index (χ1n) is 8.13. The van der Waals surface area contributed by atoms with Crippen LogP contribution in [0.4, 0.5) is 5.69 Å². The summed E-state index contributed by atoms with van der Waals surface area (Å²) in [5.74, 6) is 0.00408. The Labute approximate surface area is 167 Å². The summed E-state index contributed by atoms with van der Waals surface area (Å²) in [4.78, 5) is 28.0. The van der Waals surface area contributed by atoms with Gasteiger partial charge in [0.25, 0.3) is 11.8 Å². The Bertz CT molecular complexity index is 953. The average Bonchev–Trinajstić information content (AvgIpc) is 2.82. The Kier molecular flexibility index (Phi) is 5.47. The van der Waals surface area contributed by atoms with Crippen molar-refractivity contribution >= 4 is 58.0 Å². The normalized spacial score (nSPS) is 14.6. The number of anilines is 1. The number of carbonyl (C=O) groups is 2. The number of aryl methyl sites for hydroxylation is 2. The number of imide groups is 1. The van der Waals surface area contributed by atoms with Gasteiger partial charge in [0, 0.05) is 10.6 Å². The highest BCUT2D eigenvalue weighted by Crippen LogP contribution is 2.41. The minimum Gasteiger partial charge on any atom is -0.268 e. The Morgan fingerprint density at radius 2 is 1.73 bits per heavy atom. The van der Waals surface area contributed by atoms with Crippen LogP contribution < -0.4 is 4.90 Å². The fourth-order valence-electron chi connectivity index (χ4n) is 2.90. The molecule has 1 aliphatic rings. The minimum atomic E-state index is -0.358. The zero-order valence-corrected chi connectivity index (χ0v) is 16.9. The highest BCUT2D eigenvalue weighted by molar-refractivity contribution is 8.04. The van der Waals surface area contributed by atoms with Crippen LogP contribution in [-0.2, 0) is 9.59 Å². The highest BCUT2D eigenvalue weighted by Gasteiger charge is 2.41. The third-order valence-electron chi connectivity index (χ3n) is 4.14. The predicted molar refractivity (Wildman–Crippen MR) is 110 cm³/mol. The SMILES string of the molecule is CCSC1=C(c2ccc(Cl)cc2Cl)C(=O)N(c2cc(C)ccc2C)C1=O. The van der Waals surface area contributed by atoms with Crippen LogP contribution in [0.3, 0.4) is 0 Å². The van der Waals surface area contributed by atoms with E-state index in [0.717, 1.165) is 11.1 Å². The van der Waals surface area contributed by atoms with Gasteiger partial charge in [0.15, 0.2) is 0 Å². The predicted octanol–water partition coefficient (Wildman–Crippen LogP) is 5.65. The van der Waals surface area contributed by atoms with Gasteiger partial charge in [-0.1, -0.05) is 48.3 Å². The number of thioether (sulfide) groups is 1. The Morgan fingerprint density at radius 3 is 2.38 bits per heavy atom. The number of benzene rings is 2. The molecular weight excluding hydrogens is 389 g/mol. The fraction of sp³-hybridized carbons (Fsp3) is 0.200. The molecular formula is C20H17Cl2NO2S. The molecule has 0 spiro atoms. The lowest BCUT2D eigenvalue weighted by Crippen LogP contribution is -2.32. The van der Waals surface area contributed by atoms with Gasteiger partial charge in [-0.15, -0.1) is 11.8 Å². The summed E-state index contributed by atoms with van der Waals surface area (Å²) in [5, 5.41) is 0.831. The summed E-state index contributed by atoms with van der Waals surface area (Å²) in [5.41, 5.74) is 3.31. The molecule has 0 aliphatic carbocycles. The van der Waals surface area contributed by atoms with Gasteiger partial charge in [-0.25, -0.2) is 4.90 Å². The number of carbonyl (C=O) groups excluding carboxylic acids is 2. The van der Waals surface area contributed by atoms with Crippen molar-refractivity contribution in [2.75, 3.05) is 10.7 Å². The molecule has 134 valence electrons. The molecule has 3 rings (SSSR count). The molecule has 0 unspecified atom stereocenters. The van der Waals surface area contributed by atoms with Crippen molar-refractivity contribution < 1.29 is 9.59 Å². The summed E-state index contributed by atoms with van der Waals surface area (Å²) in [7, 11) is 0. The van der Waals surface area contributed by atoms with Crippen molar-refractivity contribution in [3.05, 3.63) is 68.0 Å². The summed E-state index contributed by atoms with van der Waals surface area (Å²) >= 11 is 13.7. The summed E-state index contributed by atoms with van der Waals surface area (Å²) in [6.07, 6.45) is 0. The molecule has 0 fully saturated rings. The third kappa shape index (κ3) is 3.29. The second kappa shape index (κ2) is 7.47. The maximum atomic E-state index is 13.2. The van der Waals surface area contributed by atoms with Crippen molar-refractivity contribution in [1.29, 1.82) is 0 Å². The standard InChI is InChI=1S/C20H17Cl2NO2S/c1-4-26-18-17(14-8-7-13(21)10-15(14)22)19(24)23(20(18)25)16-9-11(2)5-6-12(16)3/h5-10H,4H2,1-3H3. The molecule has 26 heavy (non-hydrogen) atoms. The second-order valence-electron chi connectivity index (χ2n) is 6.00. The van der Waals surface area contributed by atoms with Crippen LogP contribution in [0.5, 0.6) is 0 Å². The maximum absolute atomic E-state index is 13.2. The van der Waals surface area contributed by atoms with Gasteiger partial charge in [0.1, 0.15) is 0 Å². The monoisotopic (exact) mass is 405 g/mol. The molecule has 0 N–H and O–H groups in total. The Morgan fingerprint density at radius 1 is 1.00 bits per heavy atom. The van der Waals surface area contributed by atoms with Gasteiger partial charge >= 0.3 is 0 Å².